The first-order valence-corrected chi connectivity index (χ1v) is 9.25. The standard InChI is InChI=1S/C15H19N3O3S2/c1-18(2)9-12-5-3-4-11(6-12)8-17-23(20,21)14-7-13(10-22-14)15(16)19/h3-7,10,17H,8-9H2,1-2H3,(H2,16,19). The van der Waals surface area contributed by atoms with Gasteiger partial charge < -0.3 is 10.6 Å². The minimum atomic E-state index is -3.66. The molecule has 0 bridgehead atoms. The highest BCUT2D eigenvalue weighted by molar-refractivity contribution is 7.91. The number of rotatable bonds is 7. The van der Waals surface area contributed by atoms with Gasteiger partial charge >= 0.3 is 0 Å². The molecule has 124 valence electrons. The Morgan fingerprint density at radius 1 is 1.26 bits per heavy atom. The Bertz CT molecular complexity index is 798. The van der Waals surface area contributed by atoms with E-state index in [2.05, 4.69) is 4.72 Å². The molecule has 0 saturated carbocycles. The molecule has 2 rings (SSSR count). The first kappa shape index (κ1) is 17.6. The number of primary amides is 1. The third-order valence-corrected chi connectivity index (χ3v) is 5.92. The zero-order valence-electron chi connectivity index (χ0n) is 12.9. The molecule has 0 fully saturated rings. The molecular formula is C15H19N3O3S2. The van der Waals surface area contributed by atoms with Gasteiger partial charge in [-0.25, -0.2) is 13.1 Å². The van der Waals surface area contributed by atoms with E-state index in [1.807, 2.05) is 43.3 Å². The molecular weight excluding hydrogens is 334 g/mol. The second kappa shape index (κ2) is 7.22. The quantitative estimate of drug-likeness (QED) is 0.787. The van der Waals surface area contributed by atoms with Crippen molar-refractivity contribution in [2.75, 3.05) is 14.1 Å². The van der Waals surface area contributed by atoms with Gasteiger partial charge in [-0.2, -0.15) is 0 Å². The lowest BCUT2D eigenvalue weighted by Gasteiger charge is -2.11. The summed E-state index contributed by atoms with van der Waals surface area (Å²) < 4.78 is 27.1. The molecule has 6 nitrogen and oxygen atoms in total. The maximum atomic E-state index is 12.2. The minimum absolute atomic E-state index is 0.0794. The summed E-state index contributed by atoms with van der Waals surface area (Å²) in [6, 6.07) is 9.02. The lowest BCUT2D eigenvalue weighted by Crippen LogP contribution is -2.22. The van der Waals surface area contributed by atoms with Crippen LogP contribution < -0.4 is 10.5 Å². The molecule has 1 aromatic heterocycles. The molecule has 0 unspecified atom stereocenters. The second-order valence-corrected chi connectivity index (χ2v) is 8.31. The molecule has 0 aliphatic carbocycles. The normalized spacial score (nSPS) is 11.8. The highest BCUT2D eigenvalue weighted by Crippen LogP contribution is 2.20. The molecule has 0 saturated heterocycles. The van der Waals surface area contributed by atoms with Crippen molar-refractivity contribution in [3.05, 3.63) is 52.4 Å². The summed E-state index contributed by atoms with van der Waals surface area (Å²) in [5, 5.41) is 1.44. The Hall–Kier alpha value is -1.74. The summed E-state index contributed by atoms with van der Waals surface area (Å²) in [6.07, 6.45) is 0. The molecule has 23 heavy (non-hydrogen) atoms. The smallest absolute Gasteiger partial charge is 0.250 e. The number of benzene rings is 1. The predicted octanol–water partition coefficient (Wildman–Crippen LogP) is 1.39. The van der Waals surface area contributed by atoms with Crippen molar-refractivity contribution in [1.29, 1.82) is 0 Å². The van der Waals surface area contributed by atoms with Gasteiger partial charge in [-0.1, -0.05) is 24.3 Å². The van der Waals surface area contributed by atoms with Crippen LogP contribution in [0.3, 0.4) is 0 Å². The number of carbonyl (C=O) groups excluding carboxylic acids is 1. The fourth-order valence-corrected chi connectivity index (χ4v) is 4.27. The van der Waals surface area contributed by atoms with Crippen LogP contribution in [-0.4, -0.2) is 33.3 Å². The molecule has 0 radical (unpaired) electrons. The summed E-state index contributed by atoms with van der Waals surface area (Å²) in [6.45, 7) is 0.973. The Balaban J connectivity index is 2.08. The van der Waals surface area contributed by atoms with E-state index in [0.29, 0.717) is 0 Å². The third kappa shape index (κ3) is 4.87. The van der Waals surface area contributed by atoms with Crippen molar-refractivity contribution < 1.29 is 13.2 Å². The number of nitrogens with zero attached hydrogens (tertiary/aromatic N) is 1. The molecule has 0 aliphatic rings. The van der Waals surface area contributed by atoms with Crippen molar-refractivity contribution in [2.45, 2.75) is 17.3 Å². The average molecular weight is 353 g/mol. The van der Waals surface area contributed by atoms with Gasteiger partial charge in [0.05, 0.1) is 5.56 Å². The van der Waals surface area contributed by atoms with Crippen LogP contribution >= 0.6 is 11.3 Å². The number of nitrogens with two attached hydrogens (primary N) is 1. The van der Waals surface area contributed by atoms with Gasteiger partial charge in [0, 0.05) is 18.5 Å². The van der Waals surface area contributed by atoms with Gasteiger partial charge in [-0.05, 0) is 31.3 Å². The van der Waals surface area contributed by atoms with Gasteiger partial charge in [0.1, 0.15) is 4.21 Å². The second-order valence-electron chi connectivity index (χ2n) is 5.40. The first-order chi connectivity index (χ1) is 10.8. The Kier molecular flexibility index (Phi) is 5.53. The number of hydrogen-bond acceptors (Lipinski definition) is 5. The van der Waals surface area contributed by atoms with E-state index < -0.39 is 15.9 Å². The van der Waals surface area contributed by atoms with E-state index in [4.69, 9.17) is 5.73 Å². The SMILES string of the molecule is CN(C)Cc1cccc(CNS(=O)(=O)c2cc(C(N)=O)cs2)c1. The zero-order valence-corrected chi connectivity index (χ0v) is 14.6. The van der Waals surface area contributed by atoms with Gasteiger partial charge in [-0.3, -0.25) is 4.79 Å². The maximum Gasteiger partial charge on any atom is 0.250 e. The molecule has 0 spiro atoms. The van der Waals surface area contributed by atoms with Crippen LogP contribution in [-0.2, 0) is 23.1 Å². The van der Waals surface area contributed by atoms with Gasteiger partial charge in [0.2, 0.25) is 15.9 Å². The molecule has 2 aromatic rings. The predicted molar refractivity (Wildman–Crippen MR) is 90.7 cm³/mol. The van der Waals surface area contributed by atoms with Gasteiger partial charge in [0.25, 0.3) is 0 Å². The van der Waals surface area contributed by atoms with E-state index in [1.165, 1.54) is 11.4 Å². The molecule has 8 heteroatoms. The summed E-state index contributed by atoms with van der Waals surface area (Å²) >= 11 is 0.974. The molecule has 1 aromatic carbocycles. The number of sulfonamides is 1. The summed E-state index contributed by atoms with van der Waals surface area (Å²) in [7, 11) is 0.293. The number of hydrogen-bond donors (Lipinski definition) is 2. The van der Waals surface area contributed by atoms with E-state index >= 15 is 0 Å². The number of carbonyl (C=O) groups is 1. The number of thiophene rings is 1. The molecule has 1 heterocycles. The van der Waals surface area contributed by atoms with Crippen LogP contribution in [0, 0.1) is 0 Å². The summed E-state index contributed by atoms with van der Waals surface area (Å²) in [5.41, 5.74) is 7.32. The topological polar surface area (TPSA) is 92.5 Å². The highest BCUT2D eigenvalue weighted by atomic mass is 32.2. The summed E-state index contributed by atoms with van der Waals surface area (Å²) in [4.78, 5) is 13.1. The Morgan fingerprint density at radius 3 is 2.57 bits per heavy atom. The van der Waals surface area contributed by atoms with Crippen LogP contribution in [0.15, 0.2) is 39.9 Å². The Morgan fingerprint density at radius 2 is 1.96 bits per heavy atom. The number of amides is 1. The van der Waals surface area contributed by atoms with Crippen LogP contribution in [0.2, 0.25) is 0 Å². The zero-order chi connectivity index (χ0) is 17.0. The third-order valence-electron chi connectivity index (χ3n) is 3.08. The average Bonchev–Trinajstić information content (AvgIpc) is 2.96. The highest BCUT2D eigenvalue weighted by Gasteiger charge is 2.18. The largest absolute Gasteiger partial charge is 0.366 e. The van der Waals surface area contributed by atoms with Gasteiger partial charge in [0.15, 0.2) is 0 Å². The van der Waals surface area contributed by atoms with Crippen LogP contribution in [0.25, 0.3) is 0 Å². The lowest BCUT2D eigenvalue weighted by molar-refractivity contribution is 0.100. The fourth-order valence-electron chi connectivity index (χ4n) is 2.04. The summed E-state index contributed by atoms with van der Waals surface area (Å²) in [5.74, 6) is -0.640. The van der Waals surface area contributed by atoms with Crippen molar-refractivity contribution >= 4 is 27.3 Å². The monoisotopic (exact) mass is 353 g/mol. The van der Waals surface area contributed by atoms with E-state index in [0.717, 1.165) is 29.0 Å². The molecule has 3 N–H and O–H groups in total. The number of nitrogens with one attached hydrogen (secondary N) is 1. The molecule has 0 aliphatic heterocycles. The van der Waals surface area contributed by atoms with E-state index in [1.54, 1.807) is 0 Å². The van der Waals surface area contributed by atoms with Crippen molar-refractivity contribution in [1.82, 2.24) is 9.62 Å². The van der Waals surface area contributed by atoms with E-state index in [-0.39, 0.29) is 16.3 Å². The minimum Gasteiger partial charge on any atom is -0.366 e. The lowest BCUT2D eigenvalue weighted by atomic mass is 10.1. The first-order valence-electron chi connectivity index (χ1n) is 6.88. The van der Waals surface area contributed by atoms with Crippen LogP contribution in [0.5, 0.6) is 0 Å². The van der Waals surface area contributed by atoms with Crippen molar-refractivity contribution in [3.63, 3.8) is 0 Å². The Labute approximate surface area is 140 Å². The van der Waals surface area contributed by atoms with Crippen LogP contribution in [0.4, 0.5) is 0 Å². The molecule has 1 amide bonds. The maximum absolute atomic E-state index is 12.2. The fraction of sp³-hybridized carbons (Fsp3) is 0.267. The van der Waals surface area contributed by atoms with Crippen molar-refractivity contribution in [3.8, 4) is 0 Å². The van der Waals surface area contributed by atoms with Gasteiger partial charge in [-0.15, -0.1) is 11.3 Å². The molecule has 0 atom stereocenters. The van der Waals surface area contributed by atoms with Crippen molar-refractivity contribution in [2.24, 2.45) is 5.73 Å². The van der Waals surface area contributed by atoms with E-state index in [9.17, 15) is 13.2 Å². The van der Waals surface area contributed by atoms with Crippen LogP contribution in [0.1, 0.15) is 21.5 Å².